The first-order valence-electron chi connectivity index (χ1n) is 9.81. The van der Waals surface area contributed by atoms with E-state index in [-0.39, 0.29) is 30.2 Å². The van der Waals surface area contributed by atoms with Crippen molar-refractivity contribution in [2.45, 2.75) is 26.3 Å². The number of hydrogen-bond donors (Lipinski definition) is 0. The molecule has 152 valence electrons. The lowest BCUT2D eigenvalue weighted by atomic mass is 9.91. The van der Waals surface area contributed by atoms with Gasteiger partial charge in [0.25, 0.3) is 0 Å². The molecule has 0 aromatic heterocycles. The zero-order valence-electron chi connectivity index (χ0n) is 16.9. The fourth-order valence-corrected chi connectivity index (χ4v) is 4.21. The first-order valence-corrected chi connectivity index (χ1v) is 9.81. The molecule has 0 unspecified atom stereocenters. The predicted octanol–water partition coefficient (Wildman–Crippen LogP) is 1.22. The lowest BCUT2D eigenvalue weighted by Gasteiger charge is -2.37. The highest BCUT2D eigenvalue weighted by Crippen LogP contribution is 2.39. The topological polar surface area (TPSA) is 70.2 Å². The summed E-state index contributed by atoms with van der Waals surface area (Å²) in [4.78, 5) is 42.9. The molecule has 0 N–H and O–H groups in total. The Morgan fingerprint density at radius 2 is 1.82 bits per heavy atom. The van der Waals surface area contributed by atoms with E-state index in [0.717, 1.165) is 11.1 Å². The quantitative estimate of drug-likeness (QED) is 0.762. The van der Waals surface area contributed by atoms with Crippen LogP contribution in [-0.4, -0.2) is 78.9 Å². The molecule has 1 aromatic carbocycles. The van der Waals surface area contributed by atoms with Gasteiger partial charge in [0.15, 0.2) is 0 Å². The van der Waals surface area contributed by atoms with Crippen molar-refractivity contribution in [3.8, 4) is 0 Å². The predicted molar refractivity (Wildman–Crippen MR) is 104 cm³/mol. The van der Waals surface area contributed by atoms with E-state index >= 15 is 0 Å². The van der Waals surface area contributed by atoms with Crippen LogP contribution in [0, 0.1) is 12.8 Å². The van der Waals surface area contributed by atoms with Crippen LogP contribution in [0.2, 0.25) is 0 Å². The van der Waals surface area contributed by atoms with Gasteiger partial charge in [-0.1, -0.05) is 29.8 Å². The van der Waals surface area contributed by atoms with Gasteiger partial charge >= 0.3 is 0 Å². The average molecular weight is 387 g/mol. The van der Waals surface area contributed by atoms with E-state index in [0.29, 0.717) is 39.3 Å². The fraction of sp³-hybridized carbons (Fsp3) is 0.571. The van der Waals surface area contributed by atoms with E-state index in [1.807, 2.05) is 25.1 Å². The summed E-state index contributed by atoms with van der Waals surface area (Å²) in [6, 6.07) is 7.74. The summed E-state index contributed by atoms with van der Waals surface area (Å²) < 4.78 is 5.18. The van der Waals surface area contributed by atoms with E-state index < -0.39 is 5.92 Å². The van der Waals surface area contributed by atoms with Gasteiger partial charge < -0.3 is 19.4 Å². The maximum atomic E-state index is 13.3. The number of piperazine rings is 1. The molecule has 0 bridgehead atoms. The lowest BCUT2D eigenvalue weighted by Crippen LogP contribution is -2.52. The van der Waals surface area contributed by atoms with Crippen LogP contribution in [0.5, 0.6) is 0 Å². The summed E-state index contributed by atoms with van der Waals surface area (Å²) in [6.45, 7) is 6.59. The van der Waals surface area contributed by atoms with E-state index in [9.17, 15) is 14.4 Å². The summed E-state index contributed by atoms with van der Waals surface area (Å²) in [5, 5.41) is 0. The molecule has 2 atom stereocenters. The van der Waals surface area contributed by atoms with Gasteiger partial charge in [0.05, 0.1) is 18.6 Å². The second-order valence-corrected chi connectivity index (χ2v) is 7.58. The van der Waals surface area contributed by atoms with Crippen LogP contribution >= 0.6 is 0 Å². The highest BCUT2D eigenvalue weighted by atomic mass is 16.5. The summed E-state index contributed by atoms with van der Waals surface area (Å²) >= 11 is 0. The molecule has 0 radical (unpaired) electrons. The number of rotatable bonds is 5. The molecule has 0 spiro atoms. The van der Waals surface area contributed by atoms with Crippen molar-refractivity contribution in [3.63, 3.8) is 0 Å². The van der Waals surface area contributed by atoms with Crippen molar-refractivity contribution in [2.24, 2.45) is 5.92 Å². The second-order valence-electron chi connectivity index (χ2n) is 7.58. The van der Waals surface area contributed by atoms with Crippen LogP contribution in [0.15, 0.2) is 24.3 Å². The van der Waals surface area contributed by atoms with Gasteiger partial charge in [-0.15, -0.1) is 0 Å². The zero-order valence-corrected chi connectivity index (χ0v) is 16.9. The van der Waals surface area contributed by atoms with E-state index in [1.54, 1.807) is 28.7 Å². The van der Waals surface area contributed by atoms with Crippen LogP contribution in [-0.2, 0) is 19.1 Å². The molecule has 2 saturated heterocycles. The number of nitrogens with zero attached hydrogens (tertiary/aromatic N) is 3. The summed E-state index contributed by atoms with van der Waals surface area (Å²) in [6.07, 6.45) is 0.216. The number of methoxy groups -OCH3 is 1. The minimum Gasteiger partial charge on any atom is -0.383 e. The van der Waals surface area contributed by atoms with Crippen LogP contribution < -0.4 is 0 Å². The minimum absolute atomic E-state index is 0.00275. The Balaban J connectivity index is 1.82. The molecule has 28 heavy (non-hydrogen) atoms. The highest BCUT2D eigenvalue weighted by Gasteiger charge is 2.46. The smallest absolute Gasteiger partial charge is 0.228 e. The molecule has 3 amide bonds. The summed E-state index contributed by atoms with van der Waals surface area (Å²) in [7, 11) is 1.61. The van der Waals surface area contributed by atoms with Crippen molar-refractivity contribution in [3.05, 3.63) is 35.4 Å². The largest absolute Gasteiger partial charge is 0.383 e. The normalized spacial score (nSPS) is 22.7. The summed E-state index contributed by atoms with van der Waals surface area (Å²) in [5.41, 5.74) is 2.09. The number of hydrogen-bond acceptors (Lipinski definition) is 4. The van der Waals surface area contributed by atoms with Crippen molar-refractivity contribution in [1.82, 2.24) is 14.7 Å². The Labute approximate surface area is 166 Å². The Morgan fingerprint density at radius 1 is 1.14 bits per heavy atom. The number of aryl methyl sites for hydroxylation is 1. The van der Waals surface area contributed by atoms with Gasteiger partial charge in [-0.2, -0.15) is 0 Å². The Bertz CT molecular complexity index is 743. The lowest BCUT2D eigenvalue weighted by molar-refractivity contribution is -0.142. The van der Waals surface area contributed by atoms with Crippen LogP contribution in [0.3, 0.4) is 0 Å². The van der Waals surface area contributed by atoms with Crippen molar-refractivity contribution < 1.29 is 19.1 Å². The molecule has 2 fully saturated rings. The maximum absolute atomic E-state index is 13.3. The molecule has 3 rings (SSSR count). The van der Waals surface area contributed by atoms with Gasteiger partial charge in [-0.05, 0) is 12.5 Å². The minimum atomic E-state index is -0.407. The number of likely N-dealkylation sites (tertiary alicyclic amines) is 1. The first kappa shape index (κ1) is 20.3. The van der Waals surface area contributed by atoms with Gasteiger partial charge in [0.2, 0.25) is 17.7 Å². The molecule has 7 heteroatoms. The molecule has 2 aliphatic heterocycles. The number of carbonyl (C=O) groups is 3. The van der Waals surface area contributed by atoms with Gasteiger partial charge in [0, 0.05) is 53.2 Å². The molecular formula is C21H29N3O4. The molecule has 0 saturated carbocycles. The molecular weight excluding hydrogens is 358 g/mol. The van der Waals surface area contributed by atoms with Crippen molar-refractivity contribution >= 4 is 17.7 Å². The first-order chi connectivity index (χ1) is 13.4. The Hall–Kier alpha value is -2.41. The average Bonchev–Trinajstić information content (AvgIpc) is 3.02. The van der Waals surface area contributed by atoms with E-state index in [4.69, 9.17) is 4.74 Å². The van der Waals surface area contributed by atoms with Crippen molar-refractivity contribution in [2.75, 3.05) is 46.4 Å². The van der Waals surface area contributed by atoms with Crippen LogP contribution in [0.4, 0.5) is 0 Å². The molecule has 1 aromatic rings. The summed E-state index contributed by atoms with van der Waals surface area (Å²) in [5.74, 6) is -0.381. The third kappa shape index (κ3) is 4.19. The number of amides is 3. The molecule has 7 nitrogen and oxygen atoms in total. The van der Waals surface area contributed by atoms with Crippen LogP contribution in [0.1, 0.15) is 30.5 Å². The zero-order chi connectivity index (χ0) is 20.3. The van der Waals surface area contributed by atoms with Gasteiger partial charge in [0.1, 0.15) is 0 Å². The number of carbonyl (C=O) groups excluding carboxylic acids is 3. The number of benzene rings is 1. The third-order valence-corrected chi connectivity index (χ3v) is 5.71. The molecule has 2 heterocycles. The van der Waals surface area contributed by atoms with Gasteiger partial charge in [-0.3, -0.25) is 14.4 Å². The van der Waals surface area contributed by atoms with Gasteiger partial charge in [-0.25, -0.2) is 0 Å². The van der Waals surface area contributed by atoms with Crippen molar-refractivity contribution in [1.29, 1.82) is 0 Å². The Morgan fingerprint density at radius 3 is 2.43 bits per heavy atom. The standard InChI is InChI=1S/C21H29N3O4/c1-15-5-4-6-17(13-15)20-18(14-19(26)24(20)11-12-28-3)21(27)23-9-7-22(8-10-23)16(2)25/h4-6,13,18,20H,7-12,14H2,1-3H3/t18-,20+/m1/s1. The van der Waals surface area contributed by atoms with Crippen LogP contribution in [0.25, 0.3) is 0 Å². The Kier molecular flexibility index (Phi) is 6.34. The fourth-order valence-electron chi connectivity index (χ4n) is 4.21. The van der Waals surface area contributed by atoms with E-state index in [1.165, 1.54) is 0 Å². The maximum Gasteiger partial charge on any atom is 0.228 e. The molecule has 2 aliphatic rings. The van der Waals surface area contributed by atoms with E-state index in [2.05, 4.69) is 6.07 Å². The monoisotopic (exact) mass is 387 g/mol. The third-order valence-electron chi connectivity index (χ3n) is 5.71. The molecule has 0 aliphatic carbocycles. The SMILES string of the molecule is COCCN1C(=O)C[C@@H](C(=O)N2CCN(C(C)=O)CC2)[C@@H]1c1cccc(C)c1. The number of ether oxygens (including phenoxy) is 1. The highest BCUT2D eigenvalue weighted by molar-refractivity contribution is 5.90. The second kappa shape index (κ2) is 8.73.